The normalized spacial score (nSPS) is 10.9. The van der Waals surface area contributed by atoms with Gasteiger partial charge in [-0.2, -0.15) is 0 Å². The number of carbonyl (C=O) groups is 2. The van der Waals surface area contributed by atoms with Crippen LogP contribution in [-0.2, 0) is 19.1 Å². The monoisotopic (exact) mass is 254 g/mol. The molecule has 0 amide bonds. The number of halogens is 1. The highest BCUT2D eigenvalue weighted by Crippen LogP contribution is 2.15. The van der Waals surface area contributed by atoms with E-state index in [4.69, 9.17) is 16.3 Å². The molecule has 0 aliphatic rings. The Balaban J connectivity index is 3.04. The van der Waals surface area contributed by atoms with Gasteiger partial charge >= 0.3 is 11.9 Å². The fraction of sp³-hybridized carbons (Fsp3) is 0.167. The lowest BCUT2D eigenvalue weighted by Crippen LogP contribution is -2.10. The van der Waals surface area contributed by atoms with Gasteiger partial charge in [0.25, 0.3) is 0 Å². The van der Waals surface area contributed by atoms with Gasteiger partial charge in [0.15, 0.2) is 0 Å². The smallest absolute Gasteiger partial charge is 0.374 e. The molecular weight excluding hydrogens is 244 g/mol. The molecule has 5 heteroatoms. The standard InChI is InChI=1S/C12H11ClO4/c1-8(14)17-11(12(15)16-2)7-9-4-3-5-10(13)6-9/h3-7H,1-2H3. The topological polar surface area (TPSA) is 52.6 Å². The number of ether oxygens (including phenoxy) is 2. The molecular formula is C12H11ClO4. The first-order valence-corrected chi connectivity index (χ1v) is 5.14. The summed E-state index contributed by atoms with van der Waals surface area (Å²) in [4.78, 5) is 22.2. The van der Waals surface area contributed by atoms with Gasteiger partial charge in [-0.25, -0.2) is 4.79 Å². The molecule has 0 aliphatic heterocycles. The lowest BCUT2D eigenvalue weighted by Gasteiger charge is -2.04. The fourth-order valence-corrected chi connectivity index (χ4v) is 1.33. The zero-order valence-corrected chi connectivity index (χ0v) is 10.2. The van der Waals surface area contributed by atoms with Crippen molar-refractivity contribution in [3.05, 3.63) is 40.6 Å². The van der Waals surface area contributed by atoms with Gasteiger partial charge in [-0.3, -0.25) is 4.79 Å². The maximum atomic E-state index is 11.3. The number of hydrogen-bond acceptors (Lipinski definition) is 4. The van der Waals surface area contributed by atoms with Crippen LogP contribution >= 0.6 is 11.6 Å². The summed E-state index contributed by atoms with van der Waals surface area (Å²) >= 11 is 5.79. The summed E-state index contributed by atoms with van der Waals surface area (Å²) in [6, 6.07) is 6.77. The summed E-state index contributed by atoms with van der Waals surface area (Å²) in [5.74, 6) is -1.49. The quantitative estimate of drug-likeness (QED) is 0.472. The molecule has 0 heterocycles. The Morgan fingerprint density at radius 3 is 2.59 bits per heavy atom. The highest BCUT2D eigenvalue weighted by atomic mass is 35.5. The van der Waals surface area contributed by atoms with E-state index in [0.717, 1.165) is 0 Å². The average molecular weight is 255 g/mol. The average Bonchev–Trinajstić information content (AvgIpc) is 2.26. The minimum atomic E-state index is -0.722. The van der Waals surface area contributed by atoms with Crippen LogP contribution in [0.5, 0.6) is 0 Å². The summed E-state index contributed by atoms with van der Waals surface area (Å²) in [6.45, 7) is 1.20. The predicted molar refractivity (Wildman–Crippen MR) is 63.2 cm³/mol. The zero-order chi connectivity index (χ0) is 12.8. The van der Waals surface area contributed by atoms with E-state index < -0.39 is 11.9 Å². The SMILES string of the molecule is COC(=O)C(=Cc1cccc(Cl)c1)OC(C)=O. The van der Waals surface area contributed by atoms with Crippen molar-refractivity contribution < 1.29 is 19.1 Å². The van der Waals surface area contributed by atoms with Crippen LogP contribution in [0.15, 0.2) is 30.0 Å². The minimum absolute atomic E-state index is 0.178. The fourth-order valence-electron chi connectivity index (χ4n) is 1.13. The molecule has 0 aromatic heterocycles. The highest BCUT2D eigenvalue weighted by Gasteiger charge is 2.13. The van der Waals surface area contributed by atoms with Crippen molar-refractivity contribution in [1.82, 2.24) is 0 Å². The summed E-state index contributed by atoms with van der Waals surface area (Å²) in [5.41, 5.74) is 0.638. The molecule has 0 fully saturated rings. The number of methoxy groups -OCH3 is 1. The molecule has 0 radical (unpaired) electrons. The van der Waals surface area contributed by atoms with Crippen LogP contribution in [0, 0.1) is 0 Å². The van der Waals surface area contributed by atoms with E-state index in [0.29, 0.717) is 10.6 Å². The van der Waals surface area contributed by atoms with Gasteiger partial charge in [-0.1, -0.05) is 23.7 Å². The molecule has 0 bridgehead atoms. The Morgan fingerprint density at radius 1 is 1.35 bits per heavy atom. The Bertz CT molecular complexity index is 465. The molecule has 0 saturated carbocycles. The van der Waals surface area contributed by atoms with Gasteiger partial charge in [0.2, 0.25) is 5.76 Å². The predicted octanol–water partition coefficient (Wildman–Crippen LogP) is 2.42. The van der Waals surface area contributed by atoms with Crippen molar-refractivity contribution in [3.63, 3.8) is 0 Å². The van der Waals surface area contributed by atoms with Crippen molar-refractivity contribution >= 4 is 29.6 Å². The molecule has 0 N–H and O–H groups in total. The lowest BCUT2D eigenvalue weighted by molar-refractivity contribution is -0.148. The molecule has 1 aromatic carbocycles. The summed E-state index contributed by atoms with van der Waals surface area (Å²) in [5, 5.41) is 0.519. The van der Waals surface area contributed by atoms with Gasteiger partial charge in [0, 0.05) is 11.9 Å². The number of esters is 2. The first-order valence-electron chi connectivity index (χ1n) is 4.77. The Hall–Kier alpha value is -1.81. The van der Waals surface area contributed by atoms with E-state index in [9.17, 15) is 9.59 Å². The van der Waals surface area contributed by atoms with Crippen LogP contribution in [0.25, 0.3) is 6.08 Å². The van der Waals surface area contributed by atoms with E-state index in [1.165, 1.54) is 20.1 Å². The molecule has 4 nitrogen and oxygen atoms in total. The molecule has 0 unspecified atom stereocenters. The molecule has 90 valence electrons. The summed E-state index contributed by atoms with van der Waals surface area (Å²) < 4.78 is 9.25. The van der Waals surface area contributed by atoms with Gasteiger partial charge in [-0.05, 0) is 23.8 Å². The minimum Gasteiger partial charge on any atom is -0.463 e. The third-order valence-corrected chi connectivity index (χ3v) is 2.02. The van der Waals surface area contributed by atoms with Crippen molar-refractivity contribution in [2.45, 2.75) is 6.92 Å². The van der Waals surface area contributed by atoms with Crippen LogP contribution in [0.1, 0.15) is 12.5 Å². The lowest BCUT2D eigenvalue weighted by atomic mass is 10.2. The Labute approximate surface area is 104 Å². The van der Waals surface area contributed by atoms with Crippen molar-refractivity contribution in [2.24, 2.45) is 0 Å². The summed E-state index contributed by atoms with van der Waals surface area (Å²) in [7, 11) is 1.21. The second kappa shape index (κ2) is 6.06. The van der Waals surface area contributed by atoms with Crippen LogP contribution < -0.4 is 0 Å². The van der Waals surface area contributed by atoms with E-state index in [-0.39, 0.29) is 5.76 Å². The molecule has 0 atom stereocenters. The number of benzene rings is 1. The Kier molecular flexibility index (Phi) is 4.72. The Morgan fingerprint density at radius 2 is 2.06 bits per heavy atom. The number of rotatable bonds is 3. The van der Waals surface area contributed by atoms with Crippen LogP contribution in [0.2, 0.25) is 5.02 Å². The third kappa shape index (κ3) is 4.28. The second-order valence-corrected chi connectivity index (χ2v) is 3.59. The largest absolute Gasteiger partial charge is 0.463 e. The number of hydrogen-bond donors (Lipinski definition) is 0. The molecule has 1 aromatic rings. The van der Waals surface area contributed by atoms with E-state index >= 15 is 0 Å². The van der Waals surface area contributed by atoms with Gasteiger partial charge in [0.05, 0.1) is 7.11 Å². The van der Waals surface area contributed by atoms with E-state index in [1.807, 2.05) is 0 Å². The maximum absolute atomic E-state index is 11.3. The van der Waals surface area contributed by atoms with Gasteiger partial charge < -0.3 is 9.47 Å². The zero-order valence-electron chi connectivity index (χ0n) is 9.40. The summed E-state index contributed by atoms with van der Waals surface area (Å²) in [6.07, 6.45) is 1.39. The van der Waals surface area contributed by atoms with Crippen molar-refractivity contribution in [2.75, 3.05) is 7.11 Å². The molecule has 0 saturated heterocycles. The number of carbonyl (C=O) groups excluding carboxylic acids is 2. The van der Waals surface area contributed by atoms with Crippen molar-refractivity contribution in [1.29, 1.82) is 0 Å². The second-order valence-electron chi connectivity index (χ2n) is 3.15. The first-order chi connectivity index (χ1) is 8.02. The third-order valence-electron chi connectivity index (χ3n) is 1.79. The molecule has 17 heavy (non-hydrogen) atoms. The van der Waals surface area contributed by atoms with Gasteiger partial charge in [-0.15, -0.1) is 0 Å². The van der Waals surface area contributed by atoms with Crippen LogP contribution in [0.4, 0.5) is 0 Å². The maximum Gasteiger partial charge on any atom is 0.374 e. The highest BCUT2D eigenvalue weighted by molar-refractivity contribution is 6.30. The van der Waals surface area contributed by atoms with Crippen molar-refractivity contribution in [3.8, 4) is 0 Å². The molecule has 1 rings (SSSR count). The van der Waals surface area contributed by atoms with Crippen LogP contribution in [-0.4, -0.2) is 19.0 Å². The van der Waals surface area contributed by atoms with Gasteiger partial charge in [0.1, 0.15) is 0 Å². The van der Waals surface area contributed by atoms with E-state index in [1.54, 1.807) is 24.3 Å². The van der Waals surface area contributed by atoms with Crippen LogP contribution in [0.3, 0.4) is 0 Å². The molecule has 0 spiro atoms. The molecule has 0 aliphatic carbocycles. The first kappa shape index (κ1) is 13.3. The van der Waals surface area contributed by atoms with E-state index in [2.05, 4.69) is 4.74 Å².